The van der Waals surface area contributed by atoms with Crippen molar-refractivity contribution in [3.8, 4) is 5.75 Å². The molecule has 1 aromatic heterocycles. The molecule has 1 amide bonds. The summed E-state index contributed by atoms with van der Waals surface area (Å²) in [5, 5.41) is 0. The third kappa shape index (κ3) is 6.40. The molecule has 1 fully saturated rings. The van der Waals surface area contributed by atoms with E-state index in [-0.39, 0.29) is 30.9 Å². The molecule has 1 aromatic rings. The van der Waals surface area contributed by atoms with E-state index in [0.717, 1.165) is 30.7 Å². The van der Waals surface area contributed by atoms with Crippen LogP contribution in [-0.2, 0) is 25.4 Å². The Morgan fingerprint density at radius 3 is 2.61 bits per heavy atom. The van der Waals surface area contributed by atoms with Crippen LogP contribution >= 0.6 is 0 Å². The smallest absolute Gasteiger partial charge is 0.259 e. The number of ether oxygens (including phenoxy) is 4. The number of carbonyl (C=O) groups excluding carboxylic acids is 1. The summed E-state index contributed by atoms with van der Waals surface area (Å²) in [5.41, 5.74) is 0.0120. The zero-order valence-corrected chi connectivity index (χ0v) is 20.3. The number of amides is 1. The number of rotatable bonds is 14. The minimum Gasteiger partial charge on any atom is -0.493 e. The fraction of sp³-hybridized carbons (Fsp3) is 0.750. The second-order valence-corrected chi connectivity index (χ2v) is 9.55. The van der Waals surface area contributed by atoms with Gasteiger partial charge in [-0.1, -0.05) is 41.0 Å². The lowest BCUT2D eigenvalue weighted by Gasteiger charge is -2.55. The Morgan fingerprint density at radius 1 is 1.26 bits per heavy atom. The summed E-state index contributed by atoms with van der Waals surface area (Å²) in [7, 11) is 3.16. The maximum atomic E-state index is 13.2. The minimum atomic E-state index is -1.01. The molecule has 2 atom stereocenters. The van der Waals surface area contributed by atoms with Gasteiger partial charge in [-0.3, -0.25) is 9.78 Å². The predicted molar refractivity (Wildman–Crippen MR) is 120 cm³/mol. The molecule has 0 aliphatic carbocycles. The Labute approximate surface area is 187 Å². The number of hydrogen-bond donors (Lipinski definition) is 0. The van der Waals surface area contributed by atoms with Crippen LogP contribution in [0.4, 0.5) is 0 Å². The van der Waals surface area contributed by atoms with E-state index in [1.165, 1.54) is 0 Å². The maximum absolute atomic E-state index is 13.2. The van der Waals surface area contributed by atoms with E-state index < -0.39 is 5.60 Å². The molecule has 0 N–H and O–H groups in total. The van der Waals surface area contributed by atoms with Gasteiger partial charge in [-0.15, -0.1) is 0 Å². The van der Waals surface area contributed by atoms with Gasteiger partial charge in [0.05, 0.1) is 12.6 Å². The monoisotopic (exact) mass is 436 g/mol. The van der Waals surface area contributed by atoms with Gasteiger partial charge in [0.15, 0.2) is 5.60 Å². The number of methoxy groups -OCH3 is 2. The van der Waals surface area contributed by atoms with Crippen molar-refractivity contribution in [2.45, 2.75) is 71.9 Å². The Kier molecular flexibility index (Phi) is 9.28. The number of nitrogens with zero attached hydrogens (tertiary/aromatic N) is 2. The number of likely N-dealkylation sites (tertiary alicyclic amines) is 1. The molecule has 7 heteroatoms. The SMILES string of the molecule is CCC(C)(C)CCOc1ccnc(CC2(OCOC)C(=O)N(COC)C2CC(C)C)c1. The first kappa shape index (κ1) is 25.6. The van der Waals surface area contributed by atoms with Gasteiger partial charge >= 0.3 is 0 Å². The number of β-lactam (4-membered cyclic amide) rings is 1. The second-order valence-electron chi connectivity index (χ2n) is 9.55. The normalized spacial score (nSPS) is 21.5. The molecule has 2 rings (SSSR count). The summed E-state index contributed by atoms with van der Waals surface area (Å²) in [5.74, 6) is 1.07. The highest BCUT2D eigenvalue weighted by atomic mass is 16.7. The van der Waals surface area contributed by atoms with Crippen molar-refractivity contribution >= 4 is 5.91 Å². The second kappa shape index (κ2) is 11.2. The van der Waals surface area contributed by atoms with Gasteiger partial charge in [-0.05, 0) is 30.2 Å². The van der Waals surface area contributed by atoms with Crippen molar-refractivity contribution in [1.29, 1.82) is 0 Å². The fourth-order valence-electron chi connectivity index (χ4n) is 3.86. The first-order chi connectivity index (χ1) is 14.7. The van der Waals surface area contributed by atoms with Crippen molar-refractivity contribution in [3.05, 3.63) is 24.0 Å². The highest BCUT2D eigenvalue weighted by Crippen LogP contribution is 2.41. The Morgan fingerprint density at radius 2 is 2.00 bits per heavy atom. The molecule has 176 valence electrons. The van der Waals surface area contributed by atoms with Gasteiger partial charge in [-0.25, -0.2) is 0 Å². The van der Waals surface area contributed by atoms with E-state index >= 15 is 0 Å². The highest BCUT2D eigenvalue weighted by molar-refractivity contribution is 5.93. The summed E-state index contributed by atoms with van der Waals surface area (Å²) in [6.07, 6.45) is 4.98. The van der Waals surface area contributed by atoms with E-state index in [1.807, 2.05) is 12.1 Å². The van der Waals surface area contributed by atoms with Gasteiger partial charge in [0.2, 0.25) is 0 Å². The molecule has 0 saturated carbocycles. The quantitative estimate of drug-likeness (QED) is 0.324. The highest BCUT2D eigenvalue weighted by Gasteiger charge is 2.62. The van der Waals surface area contributed by atoms with Gasteiger partial charge < -0.3 is 23.8 Å². The zero-order valence-electron chi connectivity index (χ0n) is 20.3. The third-order valence-electron chi connectivity index (χ3n) is 6.17. The molecule has 2 heterocycles. The Bertz CT molecular complexity index is 709. The standard InChI is InChI=1S/C24H40N2O5/c1-8-23(4,5)10-12-30-20-9-11-25-19(14-20)15-24(31-17-29-7)21(13-18(2)3)26(16-28-6)22(24)27/h9,11,14,18,21H,8,10,12-13,15-17H2,1-7H3. The molecular formula is C24H40N2O5. The van der Waals surface area contributed by atoms with Crippen LogP contribution in [-0.4, -0.2) is 61.8 Å². The lowest BCUT2D eigenvalue weighted by Crippen LogP contribution is -2.76. The van der Waals surface area contributed by atoms with Crippen molar-refractivity contribution < 1.29 is 23.7 Å². The van der Waals surface area contributed by atoms with Crippen molar-refractivity contribution in [2.24, 2.45) is 11.3 Å². The van der Waals surface area contributed by atoms with E-state index in [4.69, 9.17) is 18.9 Å². The Balaban J connectivity index is 2.19. The first-order valence-corrected chi connectivity index (χ1v) is 11.2. The van der Waals surface area contributed by atoms with Gasteiger partial charge in [-0.2, -0.15) is 0 Å². The molecule has 31 heavy (non-hydrogen) atoms. The van der Waals surface area contributed by atoms with Crippen LogP contribution in [0.2, 0.25) is 0 Å². The zero-order chi connectivity index (χ0) is 23.1. The molecule has 0 spiro atoms. The lowest BCUT2D eigenvalue weighted by molar-refractivity contribution is -0.235. The lowest BCUT2D eigenvalue weighted by atomic mass is 9.75. The third-order valence-corrected chi connectivity index (χ3v) is 6.17. The van der Waals surface area contributed by atoms with Gasteiger partial charge in [0, 0.05) is 38.6 Å². The maximum Gasteiger partial charge on any atom is 0.259 e. The van der Waals surface area contributed by atoms with Crippen LogP contribution in [0.15, 0.2) is 18.3 Å². The van der Waals surface area contributed by atoms with E-state index in [9.17, 15) is 4.79 Å². The average Bonchev–Trinajstić information content (AvgIpc) is 2.73. The topological polar surface area (TPSA) is 70.1 Å². The Hall–Kier alpha value is -1.70. The molecule has 1 aliphatic heterocycles. The van der Waals surface area contributed by atoms with Crippen molar-refractivity contribution in [2.75, 3.05) is 34.4 Å². The number of pyridine rings is 1. The number of hydrogen-bond acceptors (Lipinski definition) is 6. The fourth-order valence-corrected chi connectivity index (χ4v) is 3.86. The molecule has 2 unspecified atom stereocenters. The number of carbonyl (C=O) groups is 1. The van der Waals surface area contributed by atoms with E-state index in [0.29, 0.717) is 18.9 Å². The molecular weight excluding hydrogens is 396 g/mol. The molecule has 1 aliphatic rings. The van der Waals surface area contributed by atoms with Crippen LogP contribution < -0.4 is 4.74 Å². The largest absolute Gasteiger partial charge is 0.493 e. The molecule has 0 bridgehead atoms. The minimum absolute atomic E-state index is 0.0451. The van der Waals surface area contributed by atoms with Crippen LogP contribution in [0.25, 0.3) is 0 Å². The average molecular weight is 437 g/mol. The summed E-state index contributed by atoms with van der Waals surface area (Å²) in [6, 6.07) is 3.67. The molecule has 1 saturated heterocycles. The number of aromatic nitrogens is 1. The summed E-state index contributed by atoms with van der Waals surface area (Å²) < 4.78 is 22.5. The van der Waals surface area contributed by atoms with Gasteiger partial charge in [0.25, 0.3) is 5.91 Å². The summed E-state index contributed by atoms with van der Waals surface area (Å²) >= 11 is 0. The predicted octanol–water partition coefficient (Wildman–Crippen LogP) is 4.05. The summed E-state index contributed by atoms with van der Waals surface area (Å²) in [6.45, 7) is 11.9. The van der Waals surface area contributed by atoms with E-state index in [2.05, 4.69) is 39.6 Å². The van der Waals surface area contributed by atoms with Crippen LogP contribution in [0.1, 0.15) is 59.6 Å². The van der Waals surface area contributed by atoms with Crippen LogP contribution in [0.5, 0.6) is 5.75 Å². The van der Waals surface area contributed by atoms with Crippen molar-refractivity contribution in [1.82, 2.24) is 9.88 Å². The van der Waals surface area contributed by atoms with Crippen LogP contribution in [0, 0.1) is 11.3 Å². The molecule has 7 nitrogen and oxygen atoms in total. The van der Waals surface area contributed by atoms with E-state index in [1.54, 1.807) is 25.3 Å². The van der Waals surface area contributed by atoms with Crippen molar-refractivity contribution in [3.63, 3.8) is 0 Å². The first-order valence-electron chi connectivity index (χ1n) is 11.2. The van der Waals surface area contributed by atoms with Crippen LogP contribution in [0.3, 0.4) is 0 Å². The van der Waals surface area contributed by atoms with Gasteiger partial charge in [0.1, 0.15) is 19.3 Å². The summed E-state index contributed by atoms with van der Waals surface area (Å²) in [4.78, 5) is 19.4. The molecule has 0 radical (unpaired) electrons. The molecule has 0 aromatic carbocycles.